The Labute approximate surface area is 124 Å². The molecule has 0 N–H and O–H groups in total. The van der Waals surface area contributed by atoms with Gasteiger partial charge in [-0.3, -0.25) is 4.79 Å². The average Bonchev–Trinajstić information content (AvgIpc) is 3.04. The van der Waals surface area contributed by atoms with Crippen molar-refractivity contribution in [2.45, 2.75) is 44.8 Å². The first-order valence-electron chi connectivity index (χ1n) is 7.33. The molecule has 0 radical (unpaired) electrons. The monoisotopic (exact) mass is 293 g/mol. The van der Waals surface area contributed by atoms with Crippen molar-refractivity contribution in [1.29, 1.82) is 0 Å². The molecule has 2 atom stereocenters. The number of carbonyl (C=O) groups excluding carboxylic acids is 1. The van der Waals surface area contributed by atoms with Crippen LogP contribution in [-0.4, -0.2) is 30.5 Å². The number of fused-ring (bicyclic) bond motifs is 1. The normalized spacial score (nSPS) is 25.0. The second kappa shape index (κ2) is 5.74. The van der Waals surface area contributed by atoms with E-state index < -0.39 is 0 Å². The number of carbonyl (C=O) groups is 1. The molecular weight excluding hydrogens is 274 g/mol. The first kappa shape index (κ1) is 13.9. The number of anilines is 1. The van der Waals surface area contributed by atoms with E-state index in [2.05, 4.69) is 25.1 Å². The van der Waals surface area contributed by atoms with Crippen LogP contribution in [0.1, 0.15) is 30.9 Å². The van der Waals surface area contributed by atoms with Crippen molar-refractivity contribution in [2.24, 2.45) is 0 Å². The van der Waals surface area contributed by atoms with Gasteiger partial charge >= 0.3 is 0 Å². The van der Waals surface area contributed by atoms with Gasteiger partial charge in [0.05, 0.1) is 0 Å². The number of alkyl halides is 1. The summed E-state index contributed by atoms with van der Waals surface area (Å²) in [4.78, 5) is 14.5. The number of hydrogen-bond donors (Lipinski definition) is 0. The van der Waals surface area contributed by atoms with Crippen LogP contribution in [0.3, 0.4) is 0 Å². The summed E-state index contributed by atoms with van der Waals surface area (Å²) in [5.41, 5.74) is 3.56. The highest BCUT2D eigenvalue weighted by molar-refractivity contribution is 6.18. The fraction of sp³-hybridized carbons (Fsp3) is 0.562. The summed E-state index contributed by atoms with van der Waals surface area (Å²) in [7, 11) is 0. The number of nitrogens with zero attached hydrogens (tertiary/aromatic N) is 1. The van der Waals surface area contributed by atoms with Gasteiger partial charge in [-0.05, 0) is 49.8 Å². The van der Waals surface area contributed by atoms with E-state index in [1.54, 1.807) is 0 Å². The molecule has 0 saturated carbocycles. The van der Waals surface area contributed by atoms with E-state index in [1.807, 2.05) is 4.90 Å². The fourth-order valence-corrected chi connectivity index (χ4v) is 3.43. The number of amides is 1. The van der Waals surface area contributed by atoms with Gasteiger partial charge in [0.15, 0.2) is 0 Å². The summed E-state index contributed by atoms with van der Waals surface area (Å²) < 4.78 is 5.54. The van der Waals surface area contributed by atoms with Crippen LogP contribution in [0.5, 0.6) is 0 Å². The summed E-state index contributed by atoms with van der Waals surface area (Å²) in [5, 5.41) is 0. The first-order chi connectivity index (χ1) is 9.70. The van der Waals surface area contributed by atoms with Crippen LogP contribution in [-0.2, 0) is 22.4 Å². The molecule has 2 aliphatic heterocycles. The zero-order chi connectivity index (χ0) is 14.1. The highest BCUT2D eigenvalue weighted by Crippen LogP contribution is 2.34. The predicted molar refractivity (Wildman–Crippen MR) is 80.5 cm³/mol. The Kier molecular flexibility index (Phi) is 3.99. The van der Waals surface area contributed by atoms with Crippen molar-refractivity contribution in [1.82, 2.24) is 0 Å². The van der Waals surface area contributed by atoms with Crippen molar-refractivity contribution in [3.05, 3.63) is 29.3 Å². The van der Waals surface area contributed by atoms with Crippen LogP contribution < -0.4 is 4.90 Å². The molecule has 1 aromatic carbocycles. The van der Waals surface area contributed by atoms with Gasteiger partial charge in [-0.1, -0.05) is 12.1 Å². The molecule has 20 heavy (non-hydrogen) atoms. The average molecular weight is 294 g/mol. The Balaban J connectivity index is 1.85. The van der Waals surface area contributed by atoms with Gasteiger partial charge in [0, 0.05) is 24.2 Å². The van der Waals surface area contributed by atoms with E-state index in [0.29, 0.717) is 12.5 Å². The number of benzene rings is 1. The van der Waals surface area contributed by atoms with Crippen molar-refractivity contribution in [2.75, 3.05) is 17.4 Å². The lowest BCUT2D eigenvalue weighted by Gasteiger charge is -2.25. The Hall–Kier alpha value is -1.06. The Morgan fingerprint density at radius 3 is 3.05 bits per heavy atom. The lowest BCUT2D eigenvalue weighted by Crippen LogP contribution is -2.42. The number of aryl methyl sites for hydroxylation is 1. The maximum atomic E-state index is 12.6. The molecule has 0 spiro atoms. The van der Waals surface area contributed by atoms with Gasteiger partial charge in [-0.15, -0.1) is 11.6 Å². The molecule has 4 heteroatoms. The van der Waals surface area contributed by atoms with Gasteiger partial charge in [0.2, 0.25) is 0 Å². The van der Waals surface area contributed by atoms with E-state index >= 15 is 0 Å². The number of hydrogen-bond acceptors (Lipinski definition) is 2. The lowest BCUT2D eigenvalue weighted by atomic mass is 10.1. The van der Waals surface area contributed by atoms with Crippen LogP contribution in [0, 0.1) is 0 Å². The molecule has 1 aromatic rings. The third-order valence-electron chi connectivity index (χ3n) is 4.19. The van der Waals surface area contributed by atoms with Gasteiger partial charge in [0.1, 0.15) is 6.10 Å². The highest BCUT2D eigenvalue weighted by Gasteiger charge is 2.36. The van der Waals surface area contributed by atoms with Crippen LogP contribution in [0.4, 0.5) is 5.69 Å². The Morgan fingerprint density at radius 1 is 1.50 bits per heavy atom. The van der Waals surface area contributed by atoms with Gasteiger partial charge in [0.25, 0.3) is 5.91 Å². The van der Waals surface area contributed by atoms with E-state index in [4.69, 9.17) is 16.3 Å². The molecule has 0 aromatic heterocycles. The number of rotatable bonds is 3. The largest absolute Gasteiger partial charge is 0.368 e. The second-order valence-corrected chi connectivity index (χ2v) is 6.04. The third-order valence-corrected chi connectivity index (χ3v) is 4.37. The summed E-state index contributed by atoms with van der Waals surface area (Å²) in [5.74, 6) is 0.756. The van der Waals surface area contributed by atoms with E-state index in [9.17, 15) is 4.79 Å². The van der Waals surface area contributed by atoms with E-state index in [0.717, 1.165) is 31.4 Å². The smallest absolute Gasteiger partial charge is 0.256 e. The first-order valence-corrected chi connectivity index (χ1v) is 7.86. The number of halogens is 1. The quantitative estimate of drug-likeness (QED) is 0.802. The van der Waals surface area contributed by atoms with Crippen molar-refractivity contribution >= 4 is 23.2 Å². The van der Waals surface area contributed by atoms with Crippen molar-refractivity contribution in [3.8, 4) is 0 Å². The van der Waals surface area contributed by atoms with Crippen LogP contribution in [0.2, 0.25) is 0 Å². The molecule has 108 valence electrons. The van der Waals surface area contributed by atoms with Crippen LogP contribution in [0.15, 0.2) is 18.2 Å². The van der Waals surface area contributed by atoms with Crippen molar-refractivity contribution < 1.29 is 9.53 Å². The minimum atomic E-state index is -0.245. The molecule has 3 rings (SSSR count). The molecule has 0 aliphatic carbocycles. The molecule has 3 nitrogen and oxygen atoms in total. The fourth-order valence-electron chi connectivity index (χ4n) is 3.21. The Bertz CT molecular complexity index is 511. The predicted octanol–water partition coefficient (Wildman–Crippen LogP) is 2.92. The second-order valence-electron chi connectivity index (χ2n) is 5.67. The highest BCUT2D eigenvalue weighted by atomic mass is 35.5. The molecular formula is C16H20ClNO2. The SMILES string of the molecule is CC1Cc2cc(CCCl)ccc2N1C(=O)C1CCCO1. The maximum Gasteiger partial charge on any atom is 0.256 e. The molecule has 1 saturated heterocycles. The minimum Gasteiger partial charge on any atom is -0.368 e. The summed E-state index contributed by atoms with van der Waals surface area (Å²) >= 11 is 5.80. The standard InChI is InChI=1S/C16H20ClNO2/c1-11-9-13-10-12(6-7-17)4-5-14(13)18(11)16(19)15-3-2-8-20-15/h4-5,10-11,15H,2-3,6-9H2,1H3. The summed E-state index contributed by atoms with van der Waals surface area (Å²) in [6.07, 6.45) is 3.39. The lowest BCUT2D eigenvalue weighted by molar-refractivity contribution is -0.127. The summed E-state index contributed by atoms with van der Waals surface area (Å²) in [6.45, 7) is 2.81. The Morgan fingerprint density at radius 2 is 2.35 bits per heavy atom. The van der Waals surface area contributed by atoms with Crippen molar-refractivity contribution in [3.63, 3.8) is 0 Å². The molecule has 1 fully saturated rings. The molecule has 2 aliphatic rings. The zero-order valence-electron chi connectivity index (χ0n) is 11.8. The topological polar surface area (TPSA) is 29.5 Å². The zero-order valence-corrected chi connectivity index (χ0v) is 12.5. The van der Waals surface area contributed by atoms with Crippen LogP contribution in [0.25, 0.3) is 0 Å². The third kappa shape index (κ3) is 2.45. The van der Waals surface area contributed by atoms with E-state index in [-0.39, 0.29) is 18.1 Å². The molecule has 0 bridgehead atoms. The molecule has 2 unspecified atom stereocenters. The summed E-state index contributed by atoms with van der Waals surface area (Å²) in [6, 6.07) is 6.55. The van der Waals surface area contributed by atoms with E-state index in [1.165, 1.54) is 11.1 Å². The minimum absolute atomic E-state index is 0.124. The number of ether oxygens (including phenoxy) is 1. The molecule has 2 heterocycles. The van der Waals surface area contributed by atoms with Gasteiger partial charge in [-0.25, -0.2) is 0 Å². The van der Waals surface area contributed by atoms with Gasteiger partial charge < -0.3 is 9.64 Å². The van der Waals surface area contributed by atoms with Gasteiger partial charge in [-0.2, -0.15) is 0 Å². The maximum absolute atomic E-state index is 12.6. The molecule has 1 amide bonds. The van der Waals surface area contributed by atoms with Crippen LogP contribution >= 0.6 is 11.6 Å².